The third kappa shape index (κ3) is 10.3. The Morgan fingerprint density at radius 3 is 2.38 bits per heavy atom. The van der Waals surface area contributed by atoms with E-state index in [1.54, 1.807) is 43.3 Å². The molecule has 0 saturated heterocycles. The van der Waals surface area contributed by atoms with E-state index in [0.717, 1.165) is 5.56 Å². The minimum absolute atomic E-state index is 0.00605. The summed E-state index contributed by atoms with van der Waals surface area (Å²) in [5, 5.41) is 17.4. The zero-order chi connectivity index (χ0) is 30.3. The van der Waals surface area contributed by atoms with Crippen LogP contribution in [0.3, 0.4) is 0 Å². The van der Waals surface area contributed by atoms with Gasteiger partial charge in [-0.25, -0.2) is 9.59 Å². The van der Waals surface area contributed by atoms with Gasteiger partial charge in [-0.15, -0.1) is 0 Å². The lowest BCUT2D eigenvalue weighted by molar-refractivity contribution is -0.155. The van der Waals surface area contributed by atoms with E-state index in [-0.39, 0.29) is 45.0 Å². The summed E-state index contributed by atoms with van der Waals surface area (Å²) in [4.78, 5) is 52.1. The fourth-order valence-corrected chi connectivity index (χ4v) is 4.42. The van der Waals surface area contributed by atoms with E-state index in [1.165, 1.54) is 7.11 Å². The molecule has 11 heteroatoms. The van der Waals surface area contributed by atoms with Crippen LogP contribution >= 0.6 is 0 Å². The van der Waals surface area contributed by atoms with Crippen molar-refractivity contribution in [1.82, 2.24) is 16.0 Å². The highest BCUT2D eigenvalue weighted by molar-refractivity contribution is 5.86. The molecule has 0 spiro atoms. The summed E-state index contributed by atoms with van der Waals surface area (Å²) < 4.78 is 16.6. The number of rotatable bonds is 10. The molecule has 0 radical (unpaired) electrons. The first-order chi connectivity index (χ1) is 20.3. The van der Waals surface area contributed by atoms with Crippen molar-refractivity contribution in [2.24, 2.45) is 5.92 Å². The number of nitrogens with one attached hydrogen (secondary N) is 3. The fraction of sp³-hybridized carbons (Fsp3) is 0.419. The molecule has 0 saturated carbocycles. The van der Waals surface area contributed by atoms with Crippen LogP contribution in [0.2, 0.25) is 0 Å². The average molecular weight is 582 g/mol. The number of carbonyl (C=O) groups is 4. The van der Waals surface area contributed by atoms with Gasteiger partial charge < -0.3 is 35.3 Å². The van der Waals surface area contributed by atoms with Crippen molar-refractivity contribution in [3.8, 4) is 0 Å². The Balaban J connectivity index is 1.86. The van der Waals surface area contributed by atoms with Gasteiger partial charge in [0.05, 0.1) is 25.2 Å². The molecule has 0 fully saturated rings. The zero-order valence-electron chi connectivity index (χ0n) is 23.9. The quantitative estimate of drug-likeness (QED) is 0.247. The molecule has 1 aliphatic heterocycles. The Morgan fingerprint density at radius 2 is 1.71 bits per heavy atom. The van der Waals surface area contributed by atoms with Crippen molar-refractivity contribution in [3.05, 3.63) is 83.9 Å². The Bertz CT molecular complexity index is 1190. The smallest absolute Gasteiger partial charge is 0.408 e. The van der Waals surface area contributed by atoms with Crippen molar-refractivity contribution in [1.29, 1.82) is 0 Å². The van der Waals surface area contributed by atoms with Crippen LogP contribution in [-0.2, 0) is 35.2 Å². The number of aliphatic hydroxyl groups excluding tert-OH is 1. The predicted molar refractivity (Wildman–Crippen MR) is 154 cm³/mol. The summed E-state index contributed by atoms with van der Waals surface area (Å²) in [6.45, 7) is 1.46. The summed E-state index contributed by atoms with van der Waals surface area (Å²) >= 11 is 0. The SMILES string of the molecule is COC[C@@H]1NC(=O)[C@@H](CC(=O)N[C@H](C)CO)CC=CC[C@@H](NC(=O)OCc2ccccc2)C(=O)O[C@H]1c1ccccc1. The minimum atomic E-state index is -1.08. The number of amides is 3. The second kappa shape index (κ2) is 16.9. The van der Waals surface area contributed by atoms with Crippen molar-refractivity contribution in [2.75, 3.05) is 20.3 Å². The maximum atomic E-state index is 13.4. The lowest BCUT2D eigenvalue weighted by atomic mass is 9.96. The first-order valence-electron chi connectivity index (χ1n) is 13.9. The number of alkyl carbamates (subject to hydrolysis) is 1. The Labute approximate surface area is 245 Å². The highest BCUT2D eigenvalue weighted by atomic mass is 16.6. The standard InChI is InChI=1S/C31H39N3O8/c1-21(18-35)32-27(36)17-24-15-9-10-16-25(34-31(39)41-19-22-11-5-3-6-12-22)30(38)42-28(23-13-7-4-8-14-23)26(20-40-2)33-29(24)37/h3-14,21,24-26,28,35H,15-20H2,1-2H3,(H,32,36)(H,33,37)(H,34,39)/t21-,24-,25-,26+,28+/m1/s1. The van der Waals surface area contributed by atoms with Crippen LogP contribution in [0.15, 0.2) is 72.8 Å². The van der Waals surface area contributed by atoms with Gasteiger partial charge in [0, 0.05) is 19.6 Å². The molecule has 0 bridgehead atoms. The topological polar surface area (TPSA) is 152 Å². The van der Waals surface area contributed by atoms with E-state index >= 15 is 0 Å². The van der Waals surface area contributed by atoms with Gasteiger partial charge in [-0.2, -0.15) is 0 Å². The molecule has 2 aromatic rings. The summed E-state index contributed by atoms with van der Waals surface area (Å²) in [5.74, 6) is -2.26. The highest BCUT2D eigenvalue weighted by Crippen LogP contribution is 2.25. The van der Waals surface area contributed by atoms with Gasteiger partial charge in [0.25, 0.3) is 0 Å². The molecule has 0 aliphatic carbocycles. The number of carbonyl (C=O) groups excluding carboxylic acids is 4. The van der Waals surface area contributed by atoms with Crippen LogP contribution in [0.25, 0.3) is 0 Å². The molecule has 5 atom stereocenters. The van der Waals surface area contributed by atoms with Crippen molar-refractivity contribution < 1.29 is 38.5 Å². The van der Waals surface area contributed by atoms with E-state index in [2.05, 4.69) is 16.0 Å². The maximum absolute atomic E-state index is 13.4. The third-order valence-electron chi connectivity index (χ3n) is 6.64. The van der Waals surface area contributed by atoms with Crippen molar-refractivity contribution in [3.63, 3.8) is 0 Å². The van der Waals surface area contributed by atoms with Crippen LogP contribution < -0.4 is 16.0 Å². The molecule has 4 N–H and O–H groups in total. The fourth-order valence-electron chi connectivity index (χ4n) is 4.42. The van der Waals surface area contributed by atoms with Crippen molar-refractivity contribution >= 4 is 23.9 Å². The number of ether oxygens (including phenoxy) is 3. The van der Waals surface area contributed by atoms with E-state index in [9.17, 15) is 24.3 Å². The monoisotopic (exact) mass is 581 g/mol. The van der Waals surface area contributed by atoms with Crippen LogP contribution in [0.5, 0.6) is 0 Å². The van der Waals surface area contributed by atoms with E-state index in [1.807, 2.05) is 36.4 Å². The largest absolute Gasteiger partial charge is 0.454 e. The first kappa shape index (κ1) is 32.3. The lowest BCUT2D eigenvalue weighted by Gasteiger charge is -2.31. The minimum Gasteiger partial charge on any atom is -0.454 e. The Morgan fingerprint density at radius 1 is 1.05 bits per heavy atom. The first-order valence-corrected chi connectivity index (χ1v) is 13.9. The van der Waals surface area contributed by atoms with Gasteiger partial charge in [-0.1, -0.05) is 72.8 Å². The Kier molecular flexibility index (Phi) is 13.0. The predicted octanol–water partition coefficient (Wildman–Crippen LogP) is 2.55. The van der Waals surface area contributed by atoms with Gasteiger partial charge in [0.2, 0.25) is 11.8 Å². The number of allylic oxidation sites excluding steroid dienone is 1. The average Bonchev–Trinajstić information content (AvgIpc) is 2.99. The summed E-state index contributed by atoms with van der Waals surface area (Å²) in [7, 11) is 1.46. The molecule has 3 amide bonds. The molecule has 1 heterocycles. The molecule has 1 aliphatic rings. The molecule has 2 aromatic carbocycles. The summed E-state index contributed by atoms with van der Waals surface area (Å²) in [6, 6.07) is 15.7. The molecular formula is C31H39N3O8. The van der Waals surface area contributed by atoms with Crippen LogP contribution in [0.1, 0.15) is 43.4 Å². The van der Waals surface area contributed by atoms with Gasteiger partial charge in [-0.05, 0) is 30.9 Å². The van der Waals surface area contributed by atoms with Gasteiger partial charge >= 0.3 is 12.1 Å². The number of esters is 1. The second-order valence-corrected chi connectivity index (χ2v) is 10.1. The van der Waals surface area contributed by atoms with Crippen LogP contribution in [0, 0.1) is 5.92 Å². The molecule has 0 unspecified atom stereocenters. The summed E-state index contributed by atoms with van der Waals surface area (Å²) in [5.41, 5.74) is 1.40. The second-order valence-electron chi connectivity index (χ2n) is 10.1. The van der Waals surface area contributed by atoms with Gasteiger partial charge in [0.15, 0.2) is 0 Å². The van der Waals surface area contributed by atoms with Crippen molar-refractivity contribution in [2.45, 2.75) is 57.0 Å². The highest BCUT2D eigenvalue weighted by Gasteiger charge is 2.34. The lowest BCUT2D eigenvalue weighted by Crippen LogP contribution is -2.49. The van der Waals surface area contributed by atoms with Crippen LogP contribution in [-0.4, -0.2) is 67.4 Å². The number of cyclic esters (lactones) is 1. The van der Waals surface area contributed by atoms with E-state index < -0.39 is 48.1 Å². The van der Waals surface area contributed by atoms with E-state index in [4.69, 9.17) is 14.2 Å². The number of aliphatic hydroxyl groups is 1. The zero-order valence-corrected chi connectivity index (χ0v) is 23.9. The van der Waals surface area contributed by atoms with Gasteiger partial charge in [0.1, 0.15) is 18.8 Å². The number of hydrogen-bond donors (Lipinski definition) is 4. The van der Waals surface area contributed by atoms with E-state index in [0.29, 0.717) is 5.56 Å². The normalized spacial score (nSPS) is 22.0. The molecule has 226 valence electrons. The Hall–Kier alpha value is -4.22. The molecular weight excluding hydrogens is 542 g/mol. The number of benzene rings is 2. The van der Waals surface area contributed by atoms with Gasteiger partial charge in [-0.3, -0.25) is 9.59 Å². The summed E-state index contributed by atoms with van der Waals surface area (Å²) in [6.07, 6.45) is 1.74. The number of hydrogen-bond acceptors (Lipinski definition) is 8. The maximum Gasteiger partial charge on any atom is 0.408 e. The third-order valence-corrected chi connectivity index (χ3v) is 6.64. The number of methoxy groups -OCH3 is 1. The molecule has 42 heavy (non-hydrogen) atoms. The molecule has 11 nitrogen and oxygen atoms in total. The van der Waals surface area contributed by atoms with Crippen LogP contribution in [0.4, 0.5) is 4.79 Å². The molecule has 3 rings (SSSR count). The molecule has 0 aromatic heterocycles.